The van der Waals surface area contributed by atoms with Gasteiger partial charge in [-0.15, -0.1) is 11.3 Å². The van der Waals surface area contributed by atoms with E-state index in [1.54, 1.807) is 17.4 Å². The van der Waals surface area contributed by atoms with E-state index in [2.05, 4.69) is 39.0 Å². The van der Waals surface area contributed by atoms with Gasteiger partial charge in [0.2, 0.25) is 0 Å². The summed E-state index contributed by atoms with van der Waals surface area (Å²) in [6.07, 6.45) is 3.24. The average molecular weight is 245 g/mol. The number of thiophene rings is 1. The van der Waals surface area contributed by atoms with Crippen molar-refractivity contribution in [2.45, 2.75) is 13.5 Å². The van der Waals surface area contributed by atoms with E-state index in [1.165, 1.54) is 16.8 Å². The molecule has 2 aromatic heterocycles. The van der Waals surface area contributed by atoms with Gasteiger partial charge in [0.15, 0.2) is 6.19 Å². The third-order valence-corrected chi connectivity index (χ3v) is 3.27. The fourth-order valence-corrected chi connectivity index (χ4v) is 2.18. The SMILES string of the molecule is Cc1ccsc1CNc1cc(NC#N)ncn1. The molecule has 0 aliphatic carbocycles. The summed E-state index contributed by atoms with van der Waals surface area (Å²) >= 11 is 1.71. The van der Waals surface area contributed by atoms with Crippen molar-refractivity contribution in [1.82, 2.24) is 9.97 Å². The summed E-state index contributed by atoms with van der Waals surface area (Å²) in [4.78, 5) is 9.27. The number of hydrogen-bond acceptors (Lipinski definition) is 6. The molecule has 2 rings (SSSR count). The molecule has 0 saturated heterocycles. The molecule has 17 heavy (non-hydrogen) atoms. The molecule has 2 N–H and O–H groups in total. The minimum atomic E-state index is 0.493. The Labute approximate surface area is 103 Å². The normalized spacial score (nSPS) is 9.65. The highest BCUT2D eigenvalue weighted by molar-refractivity contribution is 7.10. The Morgan fingerprint density at radius 1 is 1.41 bits per heavy atom. The van der Waals surface area contributed by atoms with Gasteiger partial charge in [0.25, 0.3) is 0 Å². The number of rotatable bonds is 4. The maximum absolute atomic E-state index is 8.49. The maximum atomic E-state index is 8.49. The highest BCUT2D eigenvalue weighted by Gasteiger charge is 2.01. The Morgan fingerprint density at radius 2 is 2.24 bits per heavy atom. The van der Waals surface area contributed by atoms with Gasteiger partial charge in [0.1, 0.15) is 18.0 Å². The van der Waals surface area contributed by atoms with Crippen LogP contribution in [-0.4, -0.2) is 9.97 Å². The van der Waals surface area contributed by atoms with Gasteiger partial charge < -0.3 is 5.32 Å². The summed E-state index contributed by atoms with van der Waals surface area (Å²) in [5.74, 6) is 1.19. The van der Waals surface area contributed by atoms with Crippen LogP contribution < -0.4 is 10.6 Å². The van der Waals surface area contributed by atoms with Crippen LogP contribution in [0.2, 0.25) is 0 Å². The third-order valence-electron chi connectivity index (χ3n) is 2.25. The largest absolute Gasteiger partial charge is 0.365 e. The lowest BCUT2D eigenvalue weighted by Crippen LogP contribution is -2.02. The number of nitrogens with zero attached hydrogens (tertiary/aromatic N) is 3. The molecule has 6 heteroatoms. The predicted molar refractivity (Wildman–Crippen MR) is 67.7 cm³/mol. The number of hydrogen-bond donors (Lipinski definition) is 2. The Bertz CT molecular complexity index is 543. The predicted octanol–water partition coefficient (Wildman–Crippen LogP) is 2.35. The lowest BCUT2D eigenvalue weighted by Gasteiger charge is -2.05. The van der Waals surface area contributed by atoms with Crippen LogP contribution >= 0.6 is 11.3 Å². The summed E-state index contributed by atoms with van der Waals surface area (Å²) in [7, 11) is 0. The first-order valence-corrected chi connectivity index (χ1v) is 5.91. The smallest absolute Gasteiger partial charge is 0.182 e. The van der Waals surface area contributed by atoms with E-state index in [9.17, 15) is 0 Å². The first-order chi connectivity index (χ1) is 8.29. The maximum Gasteiger partial charge on any atom is 0.182 e. The molecule has 0 unspecified atom stereocenters. The van der Waals surface area contributed by atoms with Crippen molar-refractivity contribution in [2.75, 3.05) is 10.6 Å². The van der Waals surface area contributed by atoms with E-state index in [4.69, 9.17) is 5.26 Å². The lowest BCUT2D eigenvalue weighted by atomic mass is 10.3. The van der Waals surface area contributed by atoms with Gasteiger partial charge in [0, 0.05) is 10.9 Å². The molecule has 2 heterocycles. The Kier molecular flexibility index (Phi) is 3.52. The van der Waals surface area contributed by atoms with Gasteiger partial charge in [-0.2, -0.15) is 5.26 Å². The second-order valence-corrected chi connectivity index (χ2v) is 4.41. The summed E-state index contributed by atoms with van der Waals surface area (Å²) < 4.78 is 0. The molecule has 2 aromatic rings. The van der Waals surface area contributed by atoms with Crippen molar-refractivity contribution < 1.29 is 0 Å². The molecule has 0 aliphatic rings. The number of nitriles is 1. The Morgan fingerprint density at radius 3 is 2.94 bits per heavy atom. The van der Waals surface area contributed by atoms with Crippen LogP contribution in [0.5, 0.6) is 0 Å². The average Bonchev–Trinajstić information content (AvgIpc) is 2.73. The zero-order valence-corrected chi connectivity index (χ0v) is 10.1. The van der Waals surface area contributed by atoms with Crippen molar-refractivity contribution in [1.29, 1.82) is 5.26 Å². The molecule has 5 nitrogen and oxygen atoms in total. The van der Waals surface area contributed by atoms with Crippen LogP contribution in [0.25, 0.3) is 0 Å². The Hall–Kier alpha value is -2.13. The van der Waals surface area contributed by atoms with E-state index in [-0.39, 0.29) is 0 Å². The van der Waals surface area contributed by atoms with Crippen LogP contribution in [0.1, 0.15) is 10.4 Å². The van der Waals surface area contributed by atoms with Gasteiger partial charge in [-0.25, -0.2) is 9.97 Å². The first kappa shape index (κ1) is 11.4. The van der Waals surface area contributed by atoms with Crippen molar-refractivity contribution in [3.8, 4) is 6.19 Å². The molecule has 0 amide bonds. The molecule has 0 atom stereocenters. The van der Waals surface area contributed by atoms with Crippen molar-refractivity contribution >= 4 is 23.0 Å². The number of nitrogens with one attached hydrogen (secondary N) is 2. The second-order valence-electron chi connectivity index (χ2n) is 3.41. The summed E-state index contributed by atoms with van der Waals surface area (Å²) in [5, 5.41) is 16.2. The fraction of sp³-hybridized carbons (Fsp3) is 0.182. The van der Waals surface area contributed by atoms with Crippen LogP contribution in [0.4, 0.5) is 11.6 Å². The minimum absolute atomic E-state index is 0.493. The number of aryl methyl sites for hydroxylation is 1. The summed E-state index contributed by atoms with van der Waals surface area (Å²) in [6, 6.07) is 3.79. The standard InChI is InChI=1S/C11H11N5S/c1-8-2-3-17-9(8)5-13-10-4-11(14-6-12)16-7-15-10/h2-4,7H,5H2,1H3,(H2,13,14,15,16). The van der Waals surface area contributed by atoms with Gasteiger partial charge >= 0.3 is 0 Å². The lowest BCUT2D eigenvalue weighted by molar-refractivity contribution is 1.09. The Balaban J connectivity index is 2.02. The van der Waals surface area contributed by atoms with Crippen LogP contribution in [0, 0.1) is 18.4 Å². The highest BCUT2D eigenvalue weighted by atomic mass is 32.1. The fourth-order valence-electron chi connectivity index (χ4n) is 1.34. The quantitative estimate of drug-likeness (QED) is 0.639. The molecule has 0 aliphatic heterocycles. The molecule has 0 saturated carbocycles. The molecule has 0 aromatic carbocycles. The van der Waals surface area contributed by atoms with E-state index in [0.29, 0.717) is 11.6 Å². The van der Waals surface area contributed by atoms with Gasteiger partial charge in [-0.1, -0.05) is 0 Å². The van der Waals surface area contributed by atoms with E-state index >= 15 is 0 Å². The highest BCUT2D eigenvalue weighted by Crippen LogP contribution is 2.17. The van der Waals surface area contributed by atoms with Crippen LogP contribution in [0.3, 0.4) is 0 Å². The van der Waals surface area contributed by atoms with E-state index < -0.39 is 0 Å². The zero-order chi connectivity index (χ0) is 12.1. The van der Waals surface area contributed by atoms with Crippen molar-refractivity contribution in [3.63, 3.8) is 0 Å². The molecule has 0 radical (unpaired) electrons. The van der Waals surface area contributed by atoms with Crippen LogP contribution in [0.15, 0.2) is 23.8 Å². The third kappa shape index (κ3) is 2.92. The molecule has 0 bridgehead atoms. The monoisotopic (exact) mass is 245 g/mol. The topological polar surface area (TPSA) is 73.6 Å². The summed E-state index contributed by atoms with van der Waals surface area (Å²) in [5.41, 5.74) is 1.27. The van der Waals surface area contributed by atoms with Gasteiger partial charge in [-0.05, 0) is 23.9 Å². The second kappa shape index (κ2) is 5.27. The molecular weight excluding hydrogens is 234 g/mol. The molecular formula is C11H11N5S. The molecule has 86 valence electrons. The van der Waals surface area contributed by atoms with Crippen molar-refractivity contribution in [3.05, 3.63) is 34.3 Å². The first-order valence-electron chi connectivity index (χ1n) is 5.03. The molecule has 0 spiro atoms. The number of aromatic nitrogens is 2. The number of anilines is 2. The van der Waals surface area contributed by atoms with Gasteiger partial charge in [0.05, 0.1) is 6.54 Å². The minimum Gasteiger partial charge on any atom is -0.365 e. The van der Waals surface area contributed by atoms with Crippen molar-refractivity contribution in [2.24, 2.45) is 0 Å². The van der Waals surface area contributed by atoms with E-state index in [0.717, 1.165) is 6.54 Å². The van der Waals surface area contributed by atoms with E-state index in [1.807, 2.05) is 6.19 Å². The van der Waals surface area contributed by atoms with Crippen LogP contribution in [-0.2, 0) is 6.54 Å². The summed E-state index contributed by atoms with van der Waals surface area (Å²) in [6.45, 7) is 2.81. The zero-order valence-electron chi connectivity index (χ0n) is 9.27. The molecule has 0 fully saturated rings. The van der Waals surface area contributed by atoms with Gasteiger partial charge in [-0.3, -0.25) is 5.32 Å².